The Balaban J connectivity index is 2.02. The van der Waals surface area contributed by atoms with Crippen LogP contribution < -0.4 is 10.1 Å². The molecule has 1 saturated heterocycles. The van der Waals surface area contributed by atoms with Crippen LogP contribution in [0.25, 0.3) is 0 Å². The first-order valence-corrected chi connectivity index (χ1v) is 7.26. The van der Waals surface area contributed by atoms with Gasteiger partial charge in [-0.2, -0.15) is 0 Å². The molecule has 0 radical (unpaired) electrons. The average molecular weight is 278 g/mol. The zero-order valence-electron chi connectivity index (χ0n) is 11.8. The van der Waals surface area contributed by atoms with Crippen LogP contribution in [0.3, 0.4) is 0 Å². The van der Waals surface area contributed by atoms with E-state index >= 15 is 0 Å². The molecular formula is C15H22N2OS. The summed E-state index contributed by atoms with van der Waals surface area (Å²) in [6.45, 7) is 4.50. The molecule has 3 nitrogen and oxygen atoms in total. The Morgan fingerprint density at radius 2 is 1.79 bits per heavy atom. The molecule has 1 fully saturated rings. The molecule has 0 aliphatic carbocycles. The monoisotopic (exact) mass is 278 g/mol. The molecule has 4 heteroatoms. The molecule has 2 rings (SSSR count). The number of ether oxygens (including phenoxy) is 1. The molecule has 0 saturated carbocycles. The van der Waals surface area contributed by atoms with E-state index in [-0.39, 0.29) is 0 Å². The summed E-state index contributed by atoms with van der Waals surface area (Å²) in [5.41, 5.74) is 1.01. The van der Waals surface area contributed by atoms with E-state index in [0.717, 1.165) is 16.5 Å². The predicted octanol–water partition coefficient (Wildman–Crippen LogP) is 3.65. The maximum Gasteiger partial charge on any atom is 0.173 e. The van der Waals surface area contributed by atoms with E-state index in [4.69, 9.17) is 17.0 Å². The first-order valence-electron chi connectivity index (χ1n) is 6.85. The number of benzene rings is 1. The summed E-state index contributed by atoms with van der Waals surface area (Å²) in [5, 5.41) is 4.15. The van der Waals surface area contributed by atoms with Crippen LogP contribution in [0.15, 0.2) is 24.3 Å². The van der Waals surface area contributed by atoms with E-state index in [1.807, 2.05) is 24.3 Å². The molecule has 19 heavy (non-hydrogen) atoms. The van der Waals surface area contributed by atoms with Crippen LogP contribution in [-0.2, 0) is 0 Å². The fourth-order valence-electron chi connectivity index (χ4n) is 2.68. The molecule has 1 aromatic rings. The van der Waals surface area contributed by atoms with E-state index in [0.29, 0.717) is 12.1 Å². The summed E-state index contributed by atoms with van der Waals surface area (Å²) < 4.78 is 5.15. The highest BCUT2D eigenvalue weighted by atomic mass is 32.1. The van der Waals surface area contributed by atoms with Crippen molar-refractivity contribution in [1.82, 2.24) is 4.90 Å². The van der Waals surface area contributed by atoms with E-state index < -0.39 is 0 Å². The van der Waals surface area contributed by atoms with E-state index in [2.05, 4.69) is 24.1 Å². The highest BCUT2D eigenvalue weighted by Gasteiger charge is 2.26. The van der Waals surface area contributed by atoms with Crippen LogP contribution in [0, 0.1) is 0 Å². The van der Waals surface area contributed by atoms with Crippen LogP contribution in [0.5, 0.6) is 5.75 Å². The zero-order valence-corrected chi connectivity index (χ0v) is 12.7. The number of rotatable bonds is 2. The van der Waals surface area contributed by atoms with Gasteiger partial charge in [0.1, 0.15) is 5.75 Å². The van der Waals surface area contributed by atoms with E-state index in [9.17, 15) is 0 Å². The Hall–Kier alpha value is -1.29. The Morgan fingerprint density at radius 3 is 2.32 bits per heavy atom. The molecule has 2 unspecified atom stereocenters. The van der Waals surface area contributed by atoms with E-state index in [1.54, 1.807) is 7.11 Å². The maximum absolute atomic E-state index is 5.55. The fraction of sp³-hybridized carbons (Fsp3) is 0.533. The molecule has 104 valence electrons. The van der Waals surface area contributed by atoms with Crippen molar-refractivity contribution in [3.05, 3.63) is 24.3 Å². The summed E-state index contributed by atoms with van der Waals surface area (Å²) in [6.07, 6.45) is 3.73. The van der Waals surface area contributed by atoms with Gasteiger partial charge >= 0.3 is 0 Å². The van der Waals surface area contributed by atoms with Crippen LogP contribution >= 0.6 is 12.2 Å². The fourth-order valence-corrected chi connectivity index (χ4v) is 3.16. The number of methoxy groups -OCH3 is 1. The van der Waals surface area contributed by atoms with Crippen molar-refractivity contribution in [2.75, 3.05) is 12.4 Å². The normalized spacial score (nSPS) is 23.0. The van der Waals surface area contributed by atoms with E-state index in [1.165, 1.54) is 19.3 Å². The summed E-state index contributed by atoms with van der Waals surface area (Å²) in [6, 6.07) is 8.89. The standard InChI is InChI=1S/C15H22N2OS/c1-11-5-4-6-12(2)17(11)15(19)16-13-7-9-14(18-3)10-8-13/h7-12H,4-6H2,1-3H3,(H,16,19). The average Bonchev–Trinajstić information content (AvgIpc) is 2.39. The molecular weight excluding hydrogens is 256 g/mol. The number of likely N-dealkylation sites (tertiary alicyclic amines) is 1. The lowest BCUT2D eigenvalue weighted by atomic mass is 9.98. The first-order chi connectivity index (χ1) is 9.11. The van der Waals surface area contributed by atoms with Crippen molar-refractivity contribution in [3.63, 3.8) is 0 Å². The summed E-state index contributed by atoms with van der Waals surface area (Å²) in [4.78, 5) is 2.32. The smallest absolute Gasteiger partial charge is 0.173 e. The van der Waals surface area contributed by atoms with Gasteiger partial charge in [0, 0.05) is 17.8 Å². The first kappa shape index (κ1) is 14.1. The van der Waals surface area contributed by atoms with Crippen molar-refractivity contribution in [3.8, 4) is 5.75 Å². The Kier molecular flexibility index (Phi) is 4.64. The van der Waals surface area contributed by atoms with Crippen molar-refractivity contribution >= 4 is 23.0 Å². The molecule has 0 spiro atoms. The van der Waals surface area contributed by atoms with Crippen molar-refractivity contribution in [2.24, 2.45) is 0 Å². The molecule has 2 atom stereocenters. The Morgan fingerprint density at radius 1 is 1.21 bits per heavy atom. The predicted molar refractivity (Wildman–Crippen MR) is 83.8 cm³/mol. The lowest BCUT2D eigenvalue weighted by molar-refractivity contribution is 0.194. The quantitative estimate of drug-likeness (QED) is 0.835. The van der Waals surface area contributed by atoms with Gasteiger partial charge in [-0.25, -0.2) is 0 Å². The van der Waals surface area contributed by atoms with Gasteiger partial charge in [-0.1, -0.05) is 0 Å². The molecule has 0 bridgehead atoms. The van der Waals surface area contributed by atoms with Gasteiger partial charge in [0.2, 0.25) is 0 Å². The third-order valence-corrected chi connectivity index (χ3v) is 4.08. The van der Waals surface area contributed by atoms with Crippen LogP contribution in [0.4, 0.5) is 5.69 Å². The molecule has 1 N–H and O–H groups in total. The highest BCUT2D eigenvalue weighted by Crippen LogP contribution is 2.24. The number of nitrogens with one attached hydrogen (secondary N) is 1. The van der Waals surface area contributed by atoms with Gasteiger partial charge in [0.15, 0.2) is 5.11 Å². The number of thiocarbonyl (C=S) groups is 1. The minimum Gasteiger partial charge on any atom is -0.497 e. The number of hydrogen-bond donors (Lipinski definition) is 1. The second kappa shape index (κ2) is 6.24. The largest absolute Gasteiger partial charge is 0.497 e. The third-order valence-electron chi connectivity index (χ3n) is 3.77. The molecule has 0 aromatic heterocycles. The van der Waals surface area contributed by atoms with Gasteiger partial charge in [-0.15, -0.1) is 0 Å². The van der Waals surface area contributed by atoms with Crippen molar-refractivity contribution in [2.45, 2.75) is 45.2 Å². The van der Waals surface area contributed by atoms with Gasteiger partial charge < -0.3 is 15.0 Å². The van der Waals surface area contributed by atoms with Gasteiger partial charge in [0.25, 0.3) is 0 Å². The van der Waals surface area contributed by atoms with Gasteiger partial charge in [-0.05, 0) is 69.6 Å². The summed E-state index contributed by atoms with van der Waals surface area (Å²) in [5.74, 6) is 0.858. The molecule has 0 amide bonds. The molecule has 1 heterocycles. The third kappa shape index (κ3) is 3.38. The summed E-state index contributed by atoms with van der Waals surface area (Å²) >= 11 is 5.55. The van der Waals surface area contributed by atoms with Gasteiger partial charge in [0.05, 0.1) is 7.11 Å². The molecule has 1 aromatic carbocycles. The number of anilines is 1. The van der Waals surface area contributed by atoms with Crippen LogP contribution in [0.2, 0.25) is 0 Å². The lowest BCUT2D eigenvalue weighted by Gasteiger charge is -2.40. The Labute approximate surface area is 120 Å². The molecule has 1 aliphatic rings. The number of hydrogen-bond acceptors (Lipinski definition) is 2. The second-order valence-electron chi connectivity index (χ2n) is 5.19. The van der Waals surface area contributed by atoms with Crippen LogP contribution in [0.1, 0.15) is 33.1 Å². The minimum absolute atomic E-state index is 0.516. The number of piperidine rings is 1. The lowest BCUT2D eigenvalue weighted by Crippen LogP contribution is -2.49. The van der Waals surface area contributed by atoms with Crippen LogP contribution in [-0.4, -0.2) is 29.2 Å². The second-order valence-corrected chi connectivity index (χ2v) is 5.58. The summed E-state index contributed by atoms with van der Waals surface area (Å²) in [7, 11) is 1.67. The highest BCUT2D eigenvalue weighted by molar-refractivity contribution is 7.80. The minimum atomic E-state index is 0.516. The van der Waals surface area contributed by atoms with Crippen molar-refractivity contribution in [1.29, 1.82) is 0 Å². The number of nitrogens with zero attached hydrogens (tertiary/aromatic N) is 1. The van der Waals surface area contributed by atoms with Gasteiger partial charge in [-0.3, -0.25) is 0 Å². The zero-order chi connectivity index (χ0) is 13.8. The van der Waals surface area contributed by atoms with Crippen molar-refractivity contribution < 1.29 is 4.74 Å². The SMILES string of the molecule is COc1ccc(NC(=S)N2C(C)CCCC2C)cc1. The Bertz CT molecular complexity index is 422. The molecule has 1 aliphatic heterocycles. The topological polar surface area (TPSA) is 24.5 Å². The maximum atomic E-state index is 5.55.